The summed E-state index contributed by atoms with van der Waals surface area (Å²) in [6, 6.07) is 10.6. The number of piperidine rings is 1. The van der Waals surface area contributed by atoms with E-state index >= 15 is 0 Å². The summed E-state index contributed by atoms with van der Waals surface area (Å²) in [7, 11) is 0. The van der Waals surface area contributed by atoms with Crippen LogP contribution in [0.2, 0.25) is 0 Å². The van der Waals surface area contributed by atoms with E-state index in [9.17, 15) is 9.59 Å². The molecule has 1 atom stereocenters. The Labute approximate surface area is 144 Å². The van der Waals surface area contributed by atoms with Crippen LogP contribution in [0.4, 0.5) is 0 Å². The summed E-state index contributed by atoms with van der Waals surface area (Å²) >= 11 is 0. The van der Waals surface area contributed by atoms with Crippen LogP contribution in [0.5, 0.6) is 0 Å². The maximum atomic E-state index is 12.4. The molecule has 1 saturated carbocycles. The molecule has 0 spiro atoms. The minimum absolute atomic E-state index is 0.0624. The summed E-state index contributed by atoms with van der Waals surface area (Å²) in [5.74, 6) is 0.819. The molecule has 130 valence electrons. The normalized spacial score (nSPS) is 19.8. The number of carbonyl (C=O) groups is 2. The molecule has 1 aliphatic heterocycles. The van der Waals surface area contributed by atoms with E-state index in [0.717, 1.165) is 51.6 Å². The van der Waals surface area contributed by atoms with Crippen LogP contribution in [0, 0.1) is 11.8 Å². The molecule has 1 aromatic carbocycles. The highest BCUT2D eigenvalue weighted by molar-refractivity contribution is 5.82. The van der Waals surface area contributed by atoms with Gasteiger partial charge in [-0.3, -0.25) is 9.59 Å². The molecule has 4 heteroatoms. The van der Waals surface area contributed by atoms with Crippen LogP contribution in [0.3, 0.4) is 0 Å². The summed E-state index contributed by atoms with van der Waals surface area (Å²) < 4.78 is 0. The average Bonchev–Trinajstić information content (AvgIpc) is 3.45. The maximum Gasteiger partial charge on any atom is 0.225 e. The Hall–Kier alpha value is -1.84. The first kappa shape index (κ1) is 17.0. The van der Waals surface area contributed by atoms with Crippen molar-refractivity contribution in [2.75, 3.05) is 13.1 Å². The zero-order valence-corrected chi connectivity index (χ0v) is 14.5. The third-order valence-corrected chi connectivity index (χ3v) is 5.20. The van der Waals surface area contributed by atoms with Crippen molar-refractivity contribution >= 4 is 11.8 Å². The lowest BCUT2D eigenvalue weighted by molar-refractivity contribution is -0.136. The number of nitrogens with zero attached hydrogens (tertiary/aromatic N) is 1. The second-order valence-corrected chi connectivity index (χ2v) is 7.31. The molecule has 1 heterocycles. The second kappa shape index (κ2) is 7.82. The summed E-state index contributed by atoms with van der Waals surface area (Å²) in [6.45, 7) is 3.56. The SMILES string of the molecule is CC(CCc1ccccc1)NC(=O)C1CCN(C(=O)C2CC2)CC1. The number of amides is 2. The first-order valence-corrected chi connectivity index (χ1v) is 9.26. The molecule has 1 N–H and O–H groups in total. The Morgan fingerprint density at radius 1 is 1.08 bits per heavy atom. The molecule has 4 nitrogen and oxygen atoms in total. The van der Waals surface area contributed by atoms with Gasteiger partial charge >= 0.3 is 0 Å². The van der Waals surface area contributed by atoms with Crippen LogP contribution in [0.15, 0.2) is 30.3 Å². The smallest absolute Gasteiger partial charge is 0.225 e. The Kier molecular flexibility index (Phi) is 5.54. The topological polar surface area (TPSA) is 49.4 Å². The van der Waals surface area contributed by atoms with Crippen LogP contribution in [-0.4, -0.2) is 35.8 Å². The molecule has 24 heavy (non-hydrogen) atoms. The predicted molar refractivity (Wildman–Crippen MR) is 94.4 cm³/mol. The fourth-order valence-corrected chi connectivity index (χ4v) is 3.41. The van der Waals surface area contributed by atoms with Crippen LogP contribution in [0.1, 0.15) is 44.6 Å². The third-order valence-electron chi connectivity index (χ3n) is 5.20. The molecule has 2 fully saturated rings. The van der Waals surface area contributed by atoms with Gasteiger partial charge in [-0.1, -0.05) is 30.3 Å². The number of aryl methyl sites for hydroxylation is 1. The highest BCUT2D eigenvalue weighted by Gasteiger charge is 2.36. The molecule has 1 saturated heterocycles. The van der Waals surface area contributed by atoms with Crippen LogP contribution in [0.25, 0.3) is 0 Å². The molecule has 1 aromatic rings. The van der Waals surface area contributed by atoms with Gasteiger partial charge in [0, 0.05) is 31.0 Å². The van der Waals surface area contributed by atoms with Crippen molar-refractivity contribution in [3.63, 3.8) is 0 Å². The zero-order valence-electron chi connectivity index (χ0n) is 14.5. The van der Waals surface area contributed by atoms with E-state index in [-0.39, 0.29) is 23.8 Å². The number of rotatable bonds is 6. The van der Waals surface area contributed by atoms with Gasteiger partial charge in [-0.15, -0.1) is 0 Å². The largest absolute Gasteiger partial charge is 0.353 e. The van der Waals surface area contributed by atoms with Gasteiger partial charge in [-0.05, 0) is 51.0 Å². The van der Waals surface area contributed by atoms with Crippen LogP contribution < -0.4 is 5.32 Å². The number of benzene rings is 1. The van der Waals surface area contributed by atoms with E-state index in [4.69, 9.17) is 0 Å². The van der Waals surface area contributed by atoms with Crippen LogP contribution >= 0.6 is 0 Å². The van der Waals surface area contributed by atoms with Gasteiger partial charge in [0.1, 0.15) is 0 Å². The second-order valence-electron chi connectivity index (χ2n) is 7.31. The van der Waals surface area contributed by atoms with E-state index in [1.807, 2.05) is 11.0 Å². The molecule has 2 amide bonds. The molecule has 2 aliphatic rings. The first-order chi connectivity index (χ1) is 11.6. The Balaban J connectivity index is 1.38. The van der Waals surface area contributed by atoms with Crippen molar-refractivity contribution < 1.29 is 9.59 Å². The van der Waals surface area contributed by atoms with Gasteiger partial charge in [-0.25, -0.2) is 0 Å². The fraction of sp³-hybridized carbons (Fsp3) is 0.600. The van der Waals surface area contributed by atoms with E-state index in [0.29, 0.717) is 5.91 Å². The number of hydrogen-bond donors (Lipinski definition) is 1. The van der Waals surface area contributed by atoms with Crippen molar-refractivity contribution in [3.8, 4) is 0 Å². The summed E-state index contributed by atoms with van der Waals surface area (Å²) in [5.41, 5.74) is 1.31. The Morgan fingerprint density at radius 3 is 2.38 bits per heavy atom. The number of carbonyl (C=O) groups excluding carboxylic acids is 2. The van der Waals surface area contributed by atoms with E-state index in [2.05, 4.69) is 36.5 Å². The van der Waals surface area contributed by atoms with Crippen molar-refractivity contribution in [1.82, 2.24) is 10.2 Å². The Bertz CT molecular complexity index is 560. The molecule has 0 aromatic heterocycles. The zero-order chi connectivity index (χ0) is 16.9. The lowest BCUT2D eigenvalue weighted by atomic mass is 9.95. The number of hydrogen-bond acceptors (Lipinski definition) is 2. The summed E-state index contributed by atoms with van der Waals surface area (Å²) in [5, 5.41) is 3.16. The van der Waals surface area contributed by atoms with Crippen molar-refractivity contribution in [1.29, 1.82) is 0 Å². The number of nitrogens with one attached hydrogen (secondary N) is 1. The molecule has 3 rings (SSSR count). The standard InChI is InChI=1S/C20H28N2O2/c1-15(7-8-16-5-3-2-4-6-16)21-19(23)17-11-13-22(14-12-17)20(24)18-9-10-18/h2-6,15,17-18H,7-14H2,1H3,(H,21,23). The van der Waals surface area contributed by atoms with Crippen LogP contribution in [-0.2, 0) is 16.0 Å². The molecular weight excluding hydrogens is 300 g/mol. The van der Waals surface area contributed by atoms with Gasteiger partial charge in [0.15, 0.2) is 0 Å². The van der Waals surface area contributed by atoms with Crippen molar-refractivity contribution in [3.05, 3.63) is 35.9 Å². The van der Waals surface area contributed by atoms with Gasteiger partial charge in [-0.2, -0.15) is 0 Å². The average molecular weight is 328 g/mol. The molecule has 1 aliphatic carbocycles. The van der Waals surface area contributed by atoms with Gasteiger partial charge in [0.05, 0.1) is 0 Å². The fourth-order valence-electron chi connectivity index (χ4n) is 3.41. The predicted octanol–water partition coefficient (Wildman–Crippen LogP) is 2.77. The highest BCUT2D eigenvalue weighted by Crippen LogP contribution is 2.32. The van der Waals surface area contributed by atoms with Gasteiger partial charge in [0.2, 0.25) is 11.8 Å². The lowest BCUT2D eigenvalue weighted by Gasteiger charge is -2.32. The minimum atomic E-state index is 0.0624. The quantitative estimate of drug-likeness (QED) is 0.873. The highest BCUT2D eigenvalue weighted by atomic mass is 16.2. The Morgan fingerprint density at radius 2 is 1.75 bits per heavy atom. The number of likely N-dealkylation sites (tertiary alicyclic amines) is 1. The van der Waals surface area contributed by atoms with Crippen molar-refractivity contribution in [2.24, 2.45) is 11.8 Å². The summed E-state index contributed by atoms with van der Waals surface area (Å²) in [4.78, 5) is 26.4. The first-order valence-electron chi connectivity index (χ1n) is 9.26. The minimum Gasteiger partial charge on any atom is -0.353 e. The monoisotopic (exact) mass is 328 g/mol. The third kappa shape index (κ3) is 4.59. The lowest BCUT2D eigenvalue weighted by Crippen LogP contribution is -2.45. The molecule has 0 radical (unpaired) electrons. The summed E-state index contributed by atoms with van der Waals surface area (Å²) in [6.07, 6.45) is 5.65. The van der Waals surface area contributed by atoms with Gasteiger partial charge in [0.25, 0.3) is 0 Å². The molecular formula is C20H28N2O2. The van der Waals surface area contributed by atoms with Crippen molar-refractivity contribution in [2.45, 2.75) is 51.5 Å². The molecule has 0 bridgehead atoms. The van der Waals surface area contributed by atoms with Gasteiger partial charge < -0.3 is 10.2 Å². The molecule has 1 unspecified atom stereocenters. The van der Waals surface area contributed by atoms with E-state index in [1.165, 1.54) is 5.56 Å². The van der Waals surface area contributed by atoms with E-state index < -0.39 is 0 Å². The maximum absolute atomic E-state index is 12.4. The van der Waals surface area contributed by atoms with E-state index in [1.54, 1.807) is 0 Å².